The maximum atomic E-state index is 2.46. The molecule has 0 aliphatic rings. The first-order valence-corrected chi connectivity index (χ1v) is 21.3. The van der Waals surface area contributed by atoms with Gasteiger partial charge in [-0.1, -0.05) is 200 Å². The van der Waals surface area contributed by atoms with E-state index in [1.807, 2.05) is 0 Å². The van der Waals surface area contributed by atoms with Crippen LogP contribution in [0, 0.1) is 0 Å². The Kier molecular flexibility index (Phi) is 31.7. The molecule has 46 heavy (non-hydrogen) atoms. The van der Waals surface area contributed by atoms with Gasteiger partial charge in [0.25, 0.3) is 0 Å². The van der Waals surface area contributed by atoms with Gasteiger partial charge in [0, 0.05) is 31.4 Å². The molecule has 0 spiro atoms. The third-order valence-electron chi connectivity index (χ3n) is 10.6. The zero-order valence-corrected chi connectivity index (χ0v) is 32.3. The highest BCUT2D eigenvalue weighted by Crippen LogP contribution is 2.18. The van der Waals surface area contributed by atoms with E-state index in [4.69, 9.17) is 0 Å². The van der Waals surface area contributed by atoms with Gasteiger partial charge in [-0.25, -0.2) is 0 Å². The summed E-state index contributed by atoms with van der Waals surface area (Å²) in [5, 5.41) is 0. The fraction of sp³-hybridized carbons (Fsp3) is 0.864. The lowest BCUT2D eigenvalue weighted by Gasteiger charge is -2.20. The Bertz CT molecular complexity index is 652. The van der Waals surface area contributed by atoms with Gasteiger partial charge in [0.05, 0.1) is 13.6 Å². The van der Waals surface area contributed by atoms with E-state index in [0.717, 1.165) is 0 Å². The summed E-state index contributed by atoms with van der Waals surface area (Å²) in [6, 6.07) is 9.42. The number of benzene rings is 1. The highest BCUT2D eigenvalue weighted by Gasteiger charge is 2.08. The molecule has 1 aromatic carbocycles. The van der Waals surface area contributed by atoms with Crippen LogP contribution in [0.25, 0.3) is 0 Å². The van der Waals surface area contributed by atoms with E-state index >= 15 is 0 Å². The zero-order chi connectivity index (χ0) is 33.2. The van der Waals surface area contributed by atoms with Gasteiger partial charge in [-0.2, -0.15) is 0 Å². The molecule has 0 fully saturated rings. The fourth-order valence-corrected chi connectivity index (χ4v) is 7.11. The first-order chi connectivity index (χ1) is 22.7. The van der Waals surface area contributed by atoms with Gasteiger partial charge in [-0.15, -0.1) is 0 Å². The highest BCUT2D eigenvalue weighted by atomic mass is 15.1. The Balaban J connectivity index is 1.92. The van der Waals surface area contributed by atoms with Gasteiger partial charge in [0.15, 0.2) is 0 Å². The average molecular weight is 642 g/mol. The summed E-state index contributed by atoms with van der Waals surface area (Å²) in [5.41, 5.74) is 2.82. The molecule has 0 aliphatic heterocycles. The predicted octanol–water partition coefficient (Wildman–Crippen LogP) is 13.8. The van der Waals surface area contributed by atoms with E-state index in [1.54, 1.807) is 4.90 Å². The van der Waals surface area contributed by atoms with Crippen LogP contribution in [0.4, 0.5) is 11.4 Å². The molecule has 270 valence electrons. The lowest BCUT2D eigenvalue weighted by Crippen LogP contribution is -3.03. The molecule has 1 unspecified atom stereocenters. The molecule has 1 aromatic rings. The van der Waals surface area contributed by atoms with Crippen molar-refractivity contribution in [1.82, 2.24) is 0 Å². The minimum absolute atomic E-state index is 1.18. The van der Waals surface area contributed by atoms with Crippen LogP contribution in [0.2, 0.25) is 0 Å². The number of nitrogens with zero attached hydrogens (tertiary/aromatic N) is 1. The van der Waals surface area contributed by atoms with Crippen molar-refractivity contribution in [2.24, 2.45) is 0 Å². The van der Waals surface area contributed by atoms with E-state index in [1.165, 1.54) is 230 Å². The lowest BCUT2D eigenvalue weighted by molar-refractivity contribution is -0.810. The number of quaternary nitrogens is 1. The lowest BCUT2D eigenvalue weighted by atomic mass is 10.0. The van der Waals surface area contributed by atoms with Crippen LogP contribution in [0.3, 0.4) is 0 Å². The Morgan fingerprint density at radius 3 is 1.00 bits per heavy atom. The minimum Gasteiger partial charge on any atom is -0.375 e. The third kappa shape index (κ3) is 27.0. The largest absolute Gasteiger partial charge is 0.375 e. The van der Waals surface area contributed by atoms with Gasteiger partial charge in [0.1, 0.15) is 5.69 Å². The van der Waals surface area contributed by atoms with Gasteiger partial charge in [-0.05, 0) is 31.4 Å². The van der Waals surface area contributed by atoms with Gasteiger partial charge < -0.3 is 9.80 Å². The van der Waals surface area contributed by atoms with Crippen molar-refractivity contribution in [3.8, 4) is 0 Å². The van der Waals surface area contributed by atoms with Gasteiger partial charge in [0.2, 0.25) is 0 Å². The second kappa shape index (κ2) is 33.9. The standard InChI is InChI=1S/C44H84N2/c1-5-7-9-11-13-15-17-19-21-23-25-27-29-31-33-35-41-45(3)43-37-39-44(40-38-43)46(4)42-36-34-32-30-28-26-24-22-20-18-16-14-12-10-8-6-2/h37-40H,5-36,41-42H2,1-4H3/p+1. The van der Waals surface area contributed by atoms with E-state index in [0.29, 0.717) is 0 Å². The maximum Gasteiger partial charge on any atom is 0.131 e. The molecular formula is C44H85N2+. The molecular weight excluding hydrogens is 556 g/mol. The number of unbranched alkanes of at least 4 members (excludes halogenated alkanes) is 30. The topological polar surface area (TPSA) is 7.68 Å². The first-order valence-electron chi connectivity index (χ1n) is 21.3. The molecule has 0 bridgehead atoms. The number of anilines is 1. The summed E-state index contributed by atoms with van der Waals surface area (Å²) >= 11 is 0. The van der Waals surface area contributed by atoms with Crippen molar-refractivity contribution in [3.63, 3.8) is 0 Å². The molecule has 1 atom stereocenters. The summed E-state index contributed by atoms with van der Waals surface area (Å²) in [5.74, 6) is 0. The quantitative estimate of drug-likeness (QED) is 0.0716. The maximum absolute atomic E-state index is 2.46. The van der Waals surface area contributed by atoms with Crippen LogP contribution < -0.4 is 9.80 Å². The third-order valence-corrected chi connectivity index (χ3v) is 10.6. The molecule has 0 aliphatic carbocycles. The summed E-state index contributed by atoms with van der Waals surface area (Å²) in [4.78, 5) is 4.02. The second-order valence-electron chi connectivity index (χ2n) is 15.1. The van der Waals surface area contributed by atoms with E-state index in [2.05, 4.69) is 57.1 Å². The van der Waals surface area contributed by atoms with Crippen molar-refractivity contribution in [1.29, 1.82) is 0 Å². The number of hydrogen-bond acceptors (Lipinski definition) is 1. The van der Waals surface area contributed by atoms with Gasteiger partial charge in [-0.3, -0.25) is 0 Å². The summed E-state index contributed by atoms with van der Waals surface area (Å²) in [6.45, 7) is 7.05. The Hall–Kier alpha value is -1.02. The SMILES string of the molecule is CCCCCCCCCCCCCCCCCCN(C)c1ccc([NH+](C)CCCCCCCCCCCCCCCCCC)cc1. The molecule has 0 saturated carbocycles. The Morgan fingerprint density at radius 2 is 0.674 bits per heavy atom. The molecule has 0 amide bonds. The highest BCUT2D eigenvalue weighted by molar-refractivity contribution is 5.50. The Morgan fingerprint density at radius 1 is 0.391 bits per heavy atom. The molecule has 2 heteroatoms. The molecule has 0 aromatic heterocycles. The normalized spacial score (nSPS) is 12.2. The number of rotatable bonds is 36. The Labute approximate surface area is 291 Å². The van der Waals surface area contributed by atoms with Crippen molar-refractivity contribution in [3.05, 3.63) is 24.3 Å². The summed E-state index contributed by atoms with van der Waals surface area (Å²) in [7, 11) is 4.62. The van der Waals surface area contributed by atoms with Crippen LogP contribution in [-0.4, -0.2) is 27.2 Å². The minimum atomic E-state index is 1.18. The molecule has 0 radical (unpaired) electrons. The molecule has 1 rings (SSSR count). The van der Waals surface area contributed by atoms with E-state index in [-0.39, 0.29) is 0 Å². The van der Waals surface area contributed by atoms with E-state index in [9.17, 15) is 0 Å². The number of hydrogen-bond donors (Lipinski definition) is 1. The molecule has 1 N–H and O–H groups in total. The summed E-state index contributed by atoms with van der Waals surface area (Å²) < 4.78 is 0. The van der Waals surface area contributed by atoms with Crippen molar-refractivity contribution in [2.45, 2.75) is 219 Å². The van der Waals surface area contributed by atoms with Crippen molar-refractivity contribution < 1.29 is 4.90 Å². The molecule has 0 heterocycles. The average Bonchev–Trinajstić information content (AvgIpc) is 3.07. The second-order valence-corrected chi connectivity index (χ2v) is 15.1. The van der Waals surface area contributed by atoms with Crippen LogP contribution in [-0.2, 0) is 0 Å². The first kappa shape index (κ1) is 43.0. The fourth-order valence-electron chi connectivity index (χ4n) is 7.11. The van der Waals surface area contributed by atoms with Crippen LogP contribution in [0.5, 0.6) is 0 Å². The van der Waals surface area contributed by atoms with Crippen LogP contribution in [0.1, 0.15) is 219 Å². The molecule has 0 saturated heterocycles. The predicted molar refractivity (Wildman–Crippen MR) is 210 cm³/mol. The van der Waals surface area contributed by atoms with Crippen molar-refractivity contribution >= 4 is 11.4 Å². The van der Waals surface area contributed by atoms with Crippen LogP contribution >= 0.6 is 0 Å². The number of nitrogens with one attached hydrogen (secondary N) is 1. The monoisotopic (exact) mass is 642 g/mol. The van der Waals surface area contributed by atoms with E-state index < -0.39 is 0 Å². The summed E-state index contributed by atoms with van der Waals surface area (Å²) in [6.07, 6.45) is 46.1. The van der Waals surface area contributed by atoms with Crippen molar-refractivity contribution in [2.75, 3.05) is 32.1 Å². The zero-order valence-electron chi connectivity index (χ0n) is 32.3. The van der Waals surface area contributed by atoms with Crippen LogP contribution in [0.15, 0.2) is 24.3 Å². The molecule has 2 nitrogen and oxygen atoms in total. The smallest absolute Gasteiger partial charge is 0.131 e. The van der Waals surface area contributed by atoms with Gasteiger partial charge >= 0.3 is 0 Å².